The number of nitrogens with zero attached hydrogens (tertiary/aromatic N) is 2. The van der Waals surface area contributed by atoms with E-state index < -0.39 is 17.8 Å². The van der Waals surface area contributed by atoms with E-state index in [1.165, 1.54) is 17.0 Å². The van der Waals surface area contributed by atoms with Gasteiger partial charge in [-0.25, -0.2) is 4.79 Å². The van der Waals surface area contributed by atoms with Crippen LogP contribution in [0.4, 0.5) is 18.0 Å². The molecule has 1 atom stereocenters. The SMILES string of the molecule is CC(C)CN1CC2=C(C1=O)[C@@H](c1ccc(C(F)(F)F)cc1)NC(=O)N2C. The van der Waals surface area contributed by atoms with Crippen molar-refractivity contribution in [2.75, 3.05) is 20.1 Å². The second-order valence-electron chi connectivity index (χ2n) is 7.00. The Morgan fingerprint density at radius 1 is 1.19 bits per heavy atom. The third kappa shape index (κ3) is 3.15. The van der Waals surface area contributed by atoms with E-state index in [0.717, 1.165) is 12.1 Å². The van der Waals surface area contributed by atoms with Gasteiger partial charge in [0.15, 0.2) is 0 Å². The van der Waals surface area contributed by atoms with Crippen LogP contribution in [0.3, 0.4) is 0 Å². The highest BCUT2D eigenvalue weighted by Gasteiger charge is 2.43. The lowest BCUT2D eigenvalue weighted by Gasteiger charge is -2.31. The molecule has 140 valence electrons. The molecule has 0 saturated heterocycles. The molecule has 0 aliphatic carbocycles. The van der Waals surface area contributed by atoms with Gasteiger partial charge < -0.3 is 10.2 Å². The van der Waals surface area contributed by atoms with E-state index in [4.69, 9.17) is 0 Å². The number of likely N-dealkylation sites (N-methyl/N-ethyl adjacent to an activating group) is 1. The van der Waals surface area contributed by atoms with Crippen LogP contribution in [-0.2, 0) is 11.0 Å². The number of alkyl halides is 3. The number of halogens is 3. The van der Waals surface area contributed by atoms with Crippen LogP contribution in [0.1, 0.15) is 31.0 Å². The quantitative estimate of drug-likeness (QED) is 0.892. The minimum Gasteiger partial charge on any atom is -0.333 e. The normalized spacial score (nSPS) is 20.8. The maximum absolute atomic E-state index is 12.8. The summed E-state index contributed by atoms with van der Waals surface area (Å²) >= 11 is 0. The van der Waals surface area contributed by atoms with Gasteiger partial charge in [-0.2, -0.15) is 13.2 Å². The number of nitrogens with one attached hydrogen (secondary N) is 1. The first kappa shape index (κ1) is 18.3. The number of urea groups is 1. The summed E-state index contributed by atoms with van der Waals surface area (Å²) in [5, 5.41) is 2.72. The minimum atomic E-state index is -4.43. The lowest BCUT2D eigenvalue weighted by atomic mass is 9.95. The molecule has 2 aliphatic rings. The van der Waals surface area contributed by atoms with Gasteiger partial charge in [0.2, 0.25) is 0 Å². The smallest absolute Gasteiger partial charge is 0.333 e. The summed E-state index contributed by atoms with van der Waals surface area (Å²) in [4.78, 5) is 28.2. The van der Waals surface area contributed by atoms with Crippen molar-refractivity contribution in [2.24, 2.45) is 5.92 Å². The number of carbonyl (C=O) groups excluding carboxylic acids is 2. The summed E-state index contributed by atoms with van der Waals surface area (Å²) in [5.41, 5.74) is 0.706. The average molecular weight is 367 g/mol. The van der Waals surface area contributed by atoms with Crippen molar-refractivity contribution in [1.29, 1.82) is 0 Å². The molecule has 3 amide bonds. The summed E-state index contributed by atoms with van der Waals surface area (Å²) in [6, 6.07) is 3.41. The van der Waals surface area contributed by atoms with Crippen molar-refractivity contribution < 1.29 is 22.8 Å². The summed E-state index contributed by atoms with van der Waals surface area (Å²) in [6.07, 6.45) is -4.43. The number of amides is 3. The van der Waals surface area contributed by atoms with Gasteiger partial charge in [-0.3, -0.25) is 9.69 Å². The fraction of sp³-hybridized carbons (Fsp3) is 0.444. The molecule has 2 heterocycles. The van der Waals surface area contributed by atoms with Crippen molar-refractivity contribution in [1.82, 2.24) is 15.1 Å². The standard InChI is InChI=1S/C18H20F3N3O2/c1-10(2)8-24-9-13-14(16(24)25)15(22-17(26)23(13)3)11-4-6-12(7-5-11)18(19,20)21/h4-7,10,15H,8-9H2,1-3H3,(H,22,26)/t15-/m1/s1. The third-order valence-corrected chi connectivity index (χ3v) is 4.59. The Hall–Kier alpha value is -2.51. The summed E-state index contributed by atoms with van der Waals surface area (Å²) in [6.45, 7) is 4.86. The molecule has 0 saturated carbocycles. The fourth-order valence-electron chi connectivity index (χ4n) is 3.33. The first-order chi connectivity index (χ1) is 12.1. The van der Waals surface area contributed by atoms with Gasteiger partial charge in [0, 0.05) is 13.6 Å². The average Bonchev–Trinajstić information content (AvgIpc) is 2.87. The number of hydrogen-bond donors (Lipinski definition) is 1. The molecule has 1 aromatic carbocycles. The van der Waals surface area contributed by atoms with Crippen molar-refractivity contribution in [3.63, 3.8) is 0 Å². The molecule has 0 fully saturated rings. The molecule has 1 aromatic rings. The maximum Gasteiger partial charge on any atom is 0.416 e. The highest BCUT2D eigenvalue weighted by Crippen LogP contribution is 2.37. The molecular formula is C18H20F3N3O2. The topological polar surface area (TPSA) is 52.7 Å². The zero-order chi connectivity index (χ0) is 19.2. The Bertz CT molecular complexity index is 769. The number of carbonyl (C=O) groups is 2. The molecule has 3 rings (SSSR count). The van der Waals surface area contributed by atoms with Crippen LogP contribution in [-0.4, -0.2) is 41.9 Å². The third-order valence-electron chi connectivity index (χ3n) is 4.59. The van der Waals surface area contributed by atoms with Crippen molar-refractivity contribution >= 4 is 11.9 Å². The van der Waals surface area contributed by atoms with Crippen LogP contribution < -0.4 is 5.32 Å². The van der Waals surface area contributed by atoms with E-state index in [1.807, 2.05) is 13.8 Å². The van der Waals surface area contributed by atoms with Crippen molar-refractivity contribution in [3.8, 4) is 0 Å². The summed E-state index contributed by atoms with van der Waals surface area (Å²) in [7, 11) is 1.58. The van der Waals surface area contributed by atoms with Crippen LogP contribution in [0, 0.1) is 5.92 Å². The zero-order valence-electron chi connectivity index (χ0n) is 14.7. The molecule has 0 spiro atoms. The van der Waals surface area contributed by atoms with E-state index in [-0.39, 0.29) is 17.9 Å². The first-order valence-electron chi connectivity index (χ1n) is 8.33. The molecule has 26 heavy (non-hydrogen) atoms. The summed E-state index contributed by atoms with van der Waals surface area (Å²) in [5.74, 6) is 0.0734. The van der Waals surface area contributed by atoms with Crippen LogP contribution in [0.25, 0.3) is 0 Å². The Labute approximate surface area is 149 Å². The molecule has 1 N–H and O–H groups in total. The lowest BCUT2D eigenvalue weighted by molar-refractivity contribution is -0.137. The van der Waals surface area contributed by atoms with Crippen LogP contribution in [0.15, 0.2) is 35.5 Å². The first-order valence-corrected chi connectivity index (χ1v) is 8.33. The van der Waals surface area contributed by atoms with Crippen molar-refractivity contribution in [3.05, 3.63) is 46.7 Å². The van der Waals surface area contributed by atoms with Gasteiger partial charge >= 0.3 is 12.2 Å². The van der Waals surface area contributed by atoms with Crippen molar-refractivity contribution in [2.45, 2.75) is 26.1 Å². The molecule has 8 heteroatoms. The van der Waals surface area contributed by atoms with E-state index in [2.05, 4.69) is 5.32 Å². The highest BCUT2D eigenvalue weighted by atomic mass is 19.4. The summed E-state index contributed by atoms with van der Waals surface area (Å²) < 4.78 is 38.3. The van der Waals surface area contributed by atoms with Crippen LogP contribution >= 0.6 is 0 Å². The van der Waals surface area contributed by atoms with Gasteiger partial charge in [0.1, 0.15) is 0 Å². The van der Waals surface area contributed by atoms with Crippen LogP contribution in [0.2, 0.25) is 0 Å². The Kier molecular flexibility index (Phi) is 4.46. The minimum absolute atomic E-state index is 0.189. The number of hydrogen-bond acceptors (Lipinski definition) is 2. The Morgan fingerprint density at radius 2 is 1.81 bits per heavy atom. The zero-order valence-corrected chi connectivity index (χ0v) is 14.7. The van der Waals surface area contributed by atoms with E-state index in [9.17, 15) is 22.8 Å². The molecular weight excluding hydrogens is 347 g/mol. The molecule has 2 aliphatic heterocycles. The van der Waals surface area contributed by atoms with Gasteiger partial charge in [0.25, 0.3) is 5.91 Å². The van der Waals surface area contributed by atoms with E-state index in [1.54, 1.807) is 11.9 Å². The van der Waals surface area contributed by atoms with E-state index >= 15 is 0 Å². The molecule has 5 nitrogen and oxygen atoms in total. The highest BCUT2D eigenvalue weighted by molar-refractivity contribution is 6.01. The maximum atomic E-state index is 12.8. The van der Waals surface area contributed by atoms with Gasteiger partial charge in [-0.1, -0.05) is 26.0 Å². The van der Waals surface area contributed by atoms with Gasteiger partial charge in [-0.05, 0) is 23.6 Å². The number of rotatable bonds is 3. The second-order valence-corrected chi connectivity index (χ2v) is 7.00. The van der Waals surface area contributed by atoms with Crippen LogP contribution in [0.5, 0.6) is 0 Å². The van der Waals surface area contributed by atoms with E-state index in [0.29, 0.717) is 29.9 Å². The Morgan fingerprint density at radius 3 is 2.35 bits per heavy atom. The predicted octanol–water partition coefficient (Wildman–Crippen LogP) is 3.15. The number of benzene rings is 1. The second kappa shape index (κ2) is 6.34. The predicted molar refractivity (Wildman–Crippen MR) is 88.9 cm³/mol. The molecule has 0 radical (unpaired) electrons. The largest absolute Gasteiger partial charge is 0.416 e. The monoisotopic (exact) mass is 367 g/mol. The van der Waals surface area contributed by atoms with Gasteiger partial charge in [-0.15, -0.1) is 0 Å². The van der Waals surface area contributed by atoms with Gasteiger partial charge in [0.05, 0.1) is 29.4 Å². The molecule has 0 aromatic heterocycles. The fourth-order valence-corrected chi connectivity index (χ4v) is 3.33. The molecule has 0 bridgehead atoms. The lowest BCUT2D eigenvalue weighted by Crippen LogP contribution is -2.45. The molecule has 0 unspecified atom stereocenters. The Balaban J connectivity index is 1.97.